The van der Waals surface area contributed by atoms with Crippen LogP contribution < -0.4 is 4.57 Å². The van der Waals surface area contributed by atoms with Gasteiger partial charge in [0.1, 0.15) is 18.5 Å². The topological polar surface area (TPSA) is 69.9 Å². The molecule has 1 N–H and O–H groups in total. The lowest BCUT2D eigenvalue weighted by molar-refractivity contribution is -0.693. The number of nitriles is 1. The fourth-order valence-electron chi connectivity index (χ4n) is 1.78. The van der Waals surface area contributed by atoms with Crippen molar-refractivity contribution in [3.63, 3.8) is 0 Å². The fraction of sp³-hybridized carbons (Fsp3) is 0.583. The standard InChI is InChI=1S/C12H17N3O2/c1-3-4-5-11-14(9-12(16)17)6-7-15(11)10(2)8-13/h6-7,10H,3-5,9H2,1-2H3/p+1. The molecule has 0 saturated carbocycles. The van der Waals surface area contributed by atoms with Crippen molar-refractivity contribution >= 4 is 5.97 Å². The van der Waals surface area contributed by atoms with Gasteiger partial charge < -0.3 is 5.11 Å². The van der Waals surface area contributed by atoms with E-state index in [4.69, 9.17) is 10.4 Å². The second-order valence-corrected chi connectivity index (χ2v) is 4.05. The van der Waals surface area contributed by atoms with E-state index in [1.807, 2.05) is 4.57 Å². The maximum atomic E-state index is 10.7. The highest BCUT2D eigenvalue weighted by Gasteiger charge is 2.22. The first-order valence-corrected chi connectivity index (χ1v) is 5.80. The Morgan fingerprint density at radius 1 is 1.71 bits per heavy atom. The number of rotatable bonds is 6. The lowest BCUT2D eigenvalue weighted by atomic mass is 10.2. The molecule has 1 unspecified atom stereocenters. The average molecular weight is 236 g/mol. The van der Waals surface area contributed by atoms with Crippen molar-refractivity contribution in [3.8, 4) is 6.07 Å². The number of carboxylic acid groups (broad SMARTS) is 1. The smallest absolute Gasteiger partial charge is 0.346 e. The minimum atomic E-state index is -0.866. The van der Waals surface area contributed by atoms with Gasteiger partial charge in [-0.05, 0) is 13.3 Å². The number of imidazole rings is 1. The average Bonchev–Trinajstić information content (AvgIpc) is 2.67. The molecule has 0 aliphatic carbocycles. The number of aromatic nitrogens is 2. The van der Waals surface area contributed by atoms with Crippen LogP contribution in [-0.2, 0) is 17.8 Å². The zero-order valence-electron chi connectivity index (χ0n) is 10.3. The first-order valence-electron chi connectivity index (χ1n) is 5.80. The lowest BCUT2D eigenvalue weighted by Crippen LogP contribution is -2.41. The summed E-state index contributed by atoms with van der Waals surface area (Å²) >= 11 is 0. The van der Waals surface area contributed by atoms with Crippen LogP contribution in [0.4, 0.5) is 0 Å². The van der Waals surface area contributed by atoms with E-state index in [0.29, 0.717) is 0 Å². The van der Waals surface area contributed by atoms with E-state index in [9.17, 15) is 4.79 Å². The Balaban J connectivity index is 3.01. The van der Waals surface area contributed by atoms with Crippen molar-refractivity contribution < 1.29 is 14.5 Å². The molecule has 0 amide bonds. The molecular weight excluding hydrogens is 218 g/mol. The molecule has 1 rings (SSSR count). The summed E-state index contributed by atoms with van der Waals surface area (Å²) in [5.41, 5.74) is 0. The van der Waals surface area contributed by atoms with Crippen LogP contribution >= 0.6 is 0 Å². The number of hydrogen-bond acceptors (Lipinski definition) is 2. The maximum absolute atomic E-state index is 10.7. The molecule has 0 radical (unpaired) electrons. The van der Waals surface area contributed by atoms with Gasteiger partial charge in [0.2, 0.25) is 0 Å². The minimum absolute atomic E-state index is 0.0514. The first-order chi connectivity index (χ1) is 8.10. The third-order valence-electron chi connectivity index (χ3n) is 2.70. The quantitative estimate of drug-likeness (QED) is 0.756. The molecule has 0 aliphatic rings. The Hall–Kier alpha value is -1.83. The highest BCUT2D eigenvalue weighted by Crippen LogP contribution is 2.09. The van der Waals surface area contributed by atoms with Crippen molar-refractivity contribution in [2.24, 2.45) is 0 Å². The Morgan fingerprint density at radius 3 is 2.94 bits per heavy atom. The highest BCUT2D eigenvalue weighted by atomic mass is 16.4. The number of carboxylic acids is 1. The Bertz CT molecular complexity index is 431. The SMILES string of the molecule is CCCCc1n(C(C)C#N)cc[n+]1CC(=O)O. The normalized spacial score (nSPS) is 12.1. The summed E-state index contributed by atoms with van der Waals surface area (Å²) in [7, 11) is 0. The number of carbonyl (C=O) groups is 1. The number of aliphatic carboxylic acids is 1. The number of hydrogen-bond donors (Lipinski definition) is 1. The molecule has 5 heteroatoms. The predicted octanol–water partition coefficient (Wildman–Crippen LogP) is 1.29. The summed E-state index contributed by atoms with van der Waals surface area (Å²) in [6.45, 7) is 3.84. The van der Waals surface area contributed by atoms with E-state index >= 15 is 0 Å². The van der Waals surface area contributed by atoms with Crippen LogP contribution in [0.3, 0.4) is 0 Å². The molecule has 1 aromatic heterocycles. The van der Waals surface area contributed by atoms with Crippen molar-refractivity contribution in [1.82, 2.24) is 4.57 Å². The van der Waals surface area contributed by atoms with E-state index < -0.39 is 5.97 Å². The summed E-state index contributed by atoms with van der Waals surface area (Å²) in [5, 5.41) is 17.8. The van der Waals surface area contributed by atoms with E-state index in [-0.39, 0.29) is 12.6 Å². The van der Waals surface area contributed by atoms with Gasteiger partial charge in [-0.3, -0.25) is 0 Å². The fourth-order valence-corrected chi connectivity index (χ4v) is 1.78. The van der Waals surface area contributed by atoms with E-state index in [1.54, 1.807) is 23.9 Å². The van der Waals surface area contributed by atoms with E-state index in [1.165, 1.54) is 0 Å². The van der Waals surface area contributed by atoms with Gasteiger partial charge in [-0.2, -0.15) is 5.26 Å². The first kappa shape index (κ1) is 13.2. The van der Waals surface area contributed by atoms with Gasteiger partial charge in [0.25, 0.3) is 5.82 Å². The van der Waals surface area contributed by atoms with Crippen LogP contribution in [0.5, 0.6) is 0 Å². The van der Waals surface area contributed by atoms with Crippen molar-refractivity contribution in [3.05, 3.63) is 18.2 Å². The molecule has 17 heavy (non-hydrogen) atoms. The summed E-state index contributed by atoms with van der Waals surface area (Å²) in [4.78, 5) is 10.7. The van der Waals surface area contributed by atoms with Gasteiger partial charge >= 0.3 is 5.97 Å². The van der Waals surface area contributed by atoms with Gasteiger partial charge in [-0.15, -0.1) is 0 Å². The van der Waals surface area contributed by atoms with Gasteiger partial charge in [0, 0.05) is 6.42 Å². The maximum Gasteiger partial charge on any atom is 0.346 e. The summed E-state index contributed by atoms with van der Waals surface area (Å²) in [5.74, 6) is 0.0402. The molecular formula is C12H18N3O2+. The third kappa shape index (κ3) is 3.31. The molecule has 1 heterocycles. The number of nitrogens with zero attached hydrogens (tertiary/aromatic N) is 3. The van der Waals surface area contributed by atoms with E-state index in [2.05, 4.69) is 13.0 Å². The predicted molar refractivity (Wildman–Crippen MR) is 61.2 cm³/mol. The van der Waals surface area contributed by atoms with Crippen molar-refractivity contribution in [2.45, 2.75) is 45.7 Å². The van der Waals surface area contributed by atoms with Crippen LogP contribution in [0.15, 0.2) is 12.4 Å². The summed E-state index contributed by atoms with van der Waals surface area (Å²) in [6, 6.07) is 1.90. The molecule has 0 fully saturated rings. The van der Waals surface area contributed by atoms with Crippen LogP contribution in [-0.4, -0.2) is 15.6 Å². The van der Waals surface area contributed by atoms with Gasteiger partial charge in [0.15, 0.2) is 12.6 Å². The molecule has 0 saturated heterocycles. The van der Waals surface area contributed by atoms with Gasteiger partial charge in [0.05, 0.1) is 0 Å². The summed E-state index contributed by atoms with van der Waals surface area (Å²) < 4.78 is 3.55. The van der Waals surface area contributed by atoms with Crippen LogP contribution in [0.2, 0.25) is 0 Å². The van der Waals surface area contributed by atoms with Crippen molar-refractivity contribution in [2.75, 3.05) is 0 Å². The molecule has 0 aliphatic heterocycles. The third-order valence-corrected chi connectivity index (χ3v) is 2.70. The lowest BCUT2D eigenvalue weighted by Gasteiger charge is -2.04. The van der Waals surface area contributed by atoms with E-state index in [0.717, 1.165) is 25.1 Å². The zero-order chi connectivity index (χ0) is 12.8. The van der Waals surface area contributed by atoms with Crippen LogP contribution in [0.25, 0.3) is 0 Å². The van der Waals surface area contributed by atoms with Gasteiger partial charge in [-0.1, -0.05) is 13.3 Å². The molecule has 1 aromatic rings. The molecule has 1 atom stereocenters. The van der Waals surface area contributed by atoms with Crippen LogP contribution in [0, 0.1) is 11.3 Å². The second-order valence-electron chi connectivity index (χ2n) is 4.05. The Labute approximate surface area is 101 Å². The Morgan fingerprint density at radius 2 is 2.41 bits per heavy atom. The molecule has 0 bridgehead atoms. The molecule has 5 nitrogen and oxygen atoms in total. The molecule has 92 valence electrons. The molecule has 0 aromatic carbocycles. The minimum Gasteiger partial charge on any atom is -0.478 e. The largest absolute Gasteiger partial charge is 0.478 e. The second kappa shape index (κ2) is 6.04. The summed E-state index contributed by atoms with van der Waals surface area (Å²) in [6.07, 6.45) is 6.33. The molecule has 0 spiro atoms. The number of unbranched alkanes of at least 4 members (excludes halogenated alkanes) is 1. The van der Waals surface area contributed by atoms with Crippen LogP contribution in [0.1, 0.15) is 38.6 Å². The highest BCUT2D eigenvalue weighted by molar-refractivity contribution is 5.64. The Kier molecular flexibility index (Phi) is 4.70. The van der Waals surface area contributed by atoms with Gasteiger partial charge in [-0.25, -0.2) is 13.9 Å². The van der Waals surface area contributed by atoms with Crippen molar-refractivity contribution in [1.29, 1.82) is 5.26 Å². The zero-order valence-corrected chi connectivity index (χ0v) is 10.3. The monoisotopic (exact) mass is 236 g/mol.